The van der Waals surface area contributed by atoms with E-state index in [1.54, 1.807) is 32.6 Å². The molecule has 2 rings (SSSR count). The van der Waals surface area contributed by atoms with Crippen LogP contribution in [0, 0.1) is 0 Å². The summed E-state index contributed by atoms with van der Waals surface area (Å²) in [4.78, 5) is 39.1. The van der Waals surface area contributed by atoms with Crippen LogP contribution in [0.4, 0.5) is 4.79 Å². The van der Waals surface area contributed by atoms with E-state index in [-0.39, 0.29) is 11.9 Å². The van der Waals surface area contributed by atoms with Crippen molar-refractivity contribution in [1.82, 2.24) is 10.2 Å². The van der Waals surface area contributed by atoms with Crippen LogP contribution in [0.2, 0.25) is 0 Å². The molecular formula is C18H28N2O5. The van der Waals surface area contributed by atoms with Crippen LogP contribution < -0.4 is 5.32 Å². The number of rotatable bonds is 2. The molecule has 7 heteroatoms. The van der Waals surface area contributed by atoms with Gasteiger partial charge in [0.25, 0.3) is 0 Å². The molecule has 2 aliphatic rings. The summed E-state index contributed by atoms with van der Waals surface area (Å²) in [6.07, 6.45) is 5.58. The van der Waals surface area contributed by atoms with Gasteiger partial charge in [0.2, 0.25) is 5.91 Å². The number of nitrogens with zero attached hydrogens (tertiary/aromatic N) is 1. The molecule has 3 atom stereocenters. The second kappa shape index (κ2) is 7.06. The van der Waals surface area contributed by atoms with E-state index in [9.17, 15) is 14.4 Å². The second-order valence-corrected chi connectivity index (χ2v) is 7.85. The summed E-state index contributed by atoms with van der Waals surface area (Å²) in [6, 6.07) is -0.665. The van der Waals surface area contributed by atoms with Crippen LogP contribution in [0.3, 0.4) is 0 Å². The predicted molar refractivity (Wildman–Crippen MR) is 91.8 cm³/mol. The fourth-order valence-corrected chi connectivity index (χ4v) is 3.37. The maximum Gasteiger partial charge on any atom is 0.408 e. The number of carbonyl (C=O) groups is 3. The van der Waals surface area contributed by atoms with Gasteiger partial charge in [-0.05, 0) is 53.4 Å². The van der Waals surface area contributed by atoms with Crippen LogP contribution in [-0.2, 0) is 19.1 Å². The molecule has 1 N–H and O–H groups in total. The van der Waals surface area contributed by atoms with Gasteiger partial charge in [0, 0.05) is 6.04 Å². The Labute approximate surface area is 148 Å². The number of methoxy groups -OCH3 is 1. The van der Waals surface area contributed by atoms with Gasteiger partial charge in [-0.15, -0.1) is 0 Å². The molecule has 0 aromatic heterocycles. The number of hydrogen-bond donors (Lipinski definition) is 1. The number of esters is 1. The Hall–Kier alpha value is -2.05. The minimum atomic E-state index is -1.17. The van der Waals surface area contributed by atoms with E-state index >= 15 is 0 Å². The van der Waals surface area contributed by atoms with Crippen molar-refractivity contribution in [3.63, 3.8) is 0 Å². The van der Waals surface area contributed by atoms with Crippen LogP contribution in [-0.4, -0.2) is 53.2 Å². The molecule has 0 aromatic rings. The van der Waals surface area contributed by atoms with E-state index in [1.807, 2.05) is 12.2 Å². The van der Waals surface area contributed by atoms with Gasteiger partial charge in [0.1, 0.15) is 17.2 Å². The molecule has 25 heavy (non-hydrogen) atoms. The number of hydrogen-bond acceptors (Lipinski definition) is 5. The lowest BCUT2D eigenvalue weighted by atomic mass is 9.92. The Morgan fingerprint density at radius 2 is 1.96 bits per heavy atom. The lowest BCUT2D eigenvalue weighted by molar-refractivity contribution is -0.154. The van der Waals surface area contributed by atoms with Crippen LogP contribution in [0.5, 0.6) is 0 Å². The van der Waals surface area contributed by atoms with Crippen LogP contribution in [0.25, 0.3) is 0 Å². The zero-order valence-electron chi connectivity index (χ0n) is 15.6. The lowest BCUT2D eigenvalue weighted by Gasteiger charge is -2.39. The molecule has 0 aromatic carbocycles. The predicted octanol–water partition coefficient (Wildman–Crippen LogP) is 2.15. The quantitative estimate of drug-likeness (QED) is 0.608. The largest absolute Gasteiger partial charge is 0.467 e. The normalized spacial score (nSPS) is 30.8. The number of alkyl carbamates (subject to hydrolysis) is 1. The molecule has 0 unspecified atom stereocenters. The van der Waals surface area contributed by atoms with Gasteiger partial charge in [-0.2, -0.15) is 0 Å². The highest BCUT2D eigenvalue weighted by atomic mass is 16.6. The minimum absolute atomic E-state index is 0.0621. The van der Waals surface area contributed by atoms with Crippen molar-refractivity contribution in [1.29, 1.82) is 0 Å². The summed E-state index contributed by atoms with van der Waals surface area (Å²) >= 11 is 0. The van der Waals surface area contributed by atoms with Crippen LogP contribution in [0.1, 0.15) is 53.4 Å². The van der Waals surface area contributed by atoms with Gasteiger partial charge < -0.3 is 19.7 Å². The highest BCUT2D eigenvalue weighted by Crippen LogP contribution is 2.33. The molecule has 0 aliphatic carbocycles. The molecule has 2 heterocycles. The highest BCUT2D eigenvalue weighted by molar-refractivity contribution is 5.93. The van der Waals surface area contributed by atoms with Crippen molar-refractivity contribution < 1.29 is 23.9 Å². The monoisotopic (exact) mass is 352 g/mol. The van der Waals surface area contributed by atoms with E-state index in [0.717, 1.165) is 6.42 Å². The SMILES string of the molecule is COC(=O)[C@@H]1CC[C@@H]2C/C=C\C[C@](C)(NC(=O)OC(C)(C)C)C(=O)N21. The molecule has 0 radical (unpaired) electrons. The number of carbonyl (C=O) groups excluding carboxylic acids is 3. The average Bonchev–Trinajstić information content (AvgIpc) is 2.90. The van der Waals surface area contributed by atoms with Crippen molar-refractivity contribution in [2.24, 2.45) is 0 Å². The number of fused-ring (bicyclic) bond motifs is 1. The first-order valence-corrected chi connectivity index (χ1v) is 8.64. The van der Waals surface area contributed by atoms with Crippen molar-refractivity contribution >= 4 is 18.0 Å². The van der Waals surface area contributed by atoms with E-state index in [2.05, 4.69) is 5.32 Å². The van der Waals surface area contributed by atoms with E-state index < -0.39 is 29.2 Å². The standard InChI is InChI=1S/C18H28N2O5/c1-17(2,3)25-16(23)19-18(4)11-7-6-8-12-9-10-13(14(21)24-5)20(12)15(18)22/h6-7,12-13H,8-11H2,1-5H3,(H,19,23)/b7-6-/t12-,13-,18-/m0/s1. The highest BCUT2D eigenvalue weighted by Gasteiger charge is 2.48. The van der Waals surface area contributed by atoms with Crippen molar-refractivity contribution in [3.05, 3.63) is 12.2 Å². The lowest BCUT2D eigenvalue weighted by Crippen LogP contribution is -2.61. The zero-order chi connectivity index (χ0) is 18.8. The Morgan fingerprint density at radius 3 is 2.56 bits per heavy atom. The Kier molecular flexibility index (Phi) is 5.44. The fraction of sp³-hybridized carbons (Fsp3) is 0.722. The number of ether oxygens (including phenoxy) is 2. The third kappa shape index (κ3) is 4.32. The average molecular weight is 352 g/mol. The topological polar surface area (TPSA) is 84.9 Å². The van der Waals surface area contributed by atoms with Gasteiger partial charge in [-0.3, -0.25) is 4.79 Å². The summed E-state index contributed by atoms with van der Waals surface area (Å²) in [5.74, 6) is -0.694. The maximum absolute atomic E-state index is 13.2. The third-order valence-electron chi connectivity index (χ3n) is 4.56. The summed E-state index contributed by atoms with van der Waals surface area (Å²) < 4.78 is 10.2. The molecule has 1 fully saturated rings. The Bertz CT molecular complexity index is 581. The van der Waals surface area contributed by atoms with E-state index in [0.29, 0.717) is 19.3 Å². The first-order chi connectivity index (χ1) is 11.6. The molecule has 1 saturated heterocycles. The summed E-state index contributed by atoms with van der Waals surface area (Å²) in [7, 11) is 1.32. The molecule has 0 saturated carbocycles. The van der Waals surface area contributed by atoms with Gasteiger partial charge >= 0.3 is 12.1 Å². The van der Waals surface area contributed by atoms with Crippen LogP contribution in [0.15, 0.2) is 12.2 Å². The maximum atomic E-state index is 13.2. The molecular weight excluding hydrogens is 324 g/mol. The van der Waals surface area contributed by atoms with Crippen molar-refractivity contribution in [3.8, 4) is 0 Å². The minimum Gasteiger partial charge on any atom is -0.467 e. The molecule has 0 spiro atoms. The van der Waals surface area contributed by atoms with Crippen LogP contribution >= 0.6 is 0 Å². The van der Waals surface area contributed by atoms with Gasteiger partial charge in [-0.25, -0.2) is 9.59 Å². The van der Waals surface area contributed by atoms with Gasteiger partial charge in [0.15, 0.2) is 0 Å². The third-order valence-corrected chi connectivity index (χ3v) is 4.56. The molecule has 2 aliphatic heterocycles. The number of nitrogens with one attached hydrogen (secondary N) is 1. The first kappa shape index (κ1) is 19.3. The molecule has 0 bridgehead atoms. The van der Waals surface area contributed by atoms with Gasteiger partial charge in [0.05, 0.1) is 7.11 Å². The van der Waals surface area contributed by atoms with Gasteiger partial charge in [-0.1, -0.05) is 12.2 Å². The molecule has 140 valence electrons. The first-order valence-electron chi connectivity index (χ1n) is 8.64. The fourth-order valence-electron chi connectivity index (χ4n) is 3.37. The second-order valence-electron chi connectivity index (χ2n) is 7.85. The summed E-state index contributed by atoms with van der Waals surface area (Å²) in [5, 5.41) is 2.70. The van der Waals surface area contributed by atoms with Crippen molar-refractivity contribution in [2.75, 3.05) is 7.11 Å². The zero-order valence-corrected chi connectivity index (χ0v) is 15.6. The molecule has 2 amide bonds. The molecule has 7 nitrogen and oxygen atoms in total. The van der Waals surface area contributed by atoms with E-state index in [4.69, 9.17) is 9.47 Å². The number of amides is 2. The van der Waals surface area contributed by atoms with E-state index in [1.165, 1.54) is 7.11 Å². The summed E-state index contributed by atoms with van der Waals surface area (Å²) in [6.45, 7) is 6.95. The Balaban J connectivity index is 2.26. The Morgan fingerprint density at radius 1 is 1.28 bits per heavy atom. The smallest absolute Gasteiger partial charge is 0.408 e. The summed E-state index contributed by atoms with van der Waals surface area (Å²) in [5.41, 5.74) is -1.83. The van der Waals surface area contributed by atoms with Crippen molar-refractivity contribution in [2.45, 2.75) is 76.6 Å².